The Bertz CT molecular complexity index is 711. The van der Waals surface area contributed by atoms with Gasteiger partial charge in [0.15, 0.2) is 5.96 Å². The van der Waals surface area contributed by atoms with Gasteiger partial charge in [-0.1, -0.05) is 24.3 Å². The van der Waals surface area contributed by atoms with Crippen LogP contribution in [0.5, 0.6) is 0 Å². The van der Waals surface area contributed by atoms with Crippen molar-refractivity contribution in [1.82, 2.24) is 20.4 Å². The molecule has 3 aliphatic rings. The van der Waals surface area contributed by atoms with Crippen molar-refractivity contribution < 1.29 is 4.79 Å². The second kappa shape index (κ2) is 10.1. The van der Waals surface area contributed by atoms with E-state index < -0.39 is 0 Å². The van der Waals surface area contributed by atoms with E-state index in [1.54, 1.807) is 0 Å². The molecule has 2 N–H and O–H groups in total. The topological polar surface area (TPSA) is 60.0 Å². The van der Waals surface area contributed by atoms with E-state index in [9.17, 15) is 4.79 Å². The molecule has 1 aromatic rings. The van der Waals surface area contributed by atoms with Crippen molar-refractivity contribution in [1.29, 1.82) is 0 Å². The second-order valence-electron chi connectivity index (χ2n) is 8.48. The Hall–Kier alpha value is -1.35. The number of nitrogens with zero attached hydrogens (tertiary/aromatic N) is 3. The molecular formula is C22H34IN5O. The predicted octanol–water partition coefficient (Wildman–Crippen LogP) is 2.72. The highest BCUT2D eigenvalue weighted by Gasteiger charge is 2.38. The van der Waals surface area contributed by atoms with Crippen LogP contribution in [-0.4, -0.2) is 59.9 Å². The van der Waals surface area contributed by atoms with Crippen LogP contribution in [0.1, 0.15) is 50.2 Å². The van der Waals surface area contributed by atoms with Gasteiger partial charge in [-0.15, -0.1) is 24.0 Å². The molecule has 1 saturated carbocycles. The summed E-state index contributed by atoms with van der Waals surface area (Å²) in [5.74, 6) is 1.10. The zero-order chi connectivity index (χ0) is 19.5. The number of amides is 1. The van der Waals surface area contributed by atoms with Crippen LogP contribution >= 0.6 is 24.0 Å². The summed E-state index contributed by atoms with van der Waals surface area (Å²) in [5.41, 5.74) is 2.56. The average Bonchev–Trinajstić information content (AvgIpc) is 3.34. The minimum Gasteiger partial charge on any atom is -0.356 e. The molecule has 2 atom stereocenters. The Balaban J connectivity index is 0.00000240. The Morgan fingerprint density at radius 1 is 1.21 bits per heavy atom. The maximum absolute atomic E-state index is 12.5. The molecule has 6 nitrogen and oxygen atoms in total. The Labute approximate surface area is 191 Å². The van der Waals surface area contributed by atoms with Gasteiger partial charge in [0.2, 0.25) is 5.91 Å². The summed E-state index contributed by atoms with van der Waals surface area (Å²) in [7, 11) is 1.82. The van der Waals surface area contributed by atoms with Gasteiger partial charge in [-0.25, -0.2) is 0 Å². The number of hydrogen-bond donors (Lipinski definition) is 2. The number of fused-ring (bicyclic) bond motifs is 1. The molecule has 2 unspecified atom stereocenters. The van der Waals surface area contributed by atoms with Crippen LogP contribution in [-0.2, 0) is 17.9 Å². The maximum atomic E-state index is 12.5. The van der Waals surface area contributed by atoms with E-state index in [1.165, 1.54) is 30.4 Å². The Kier molecular flexibility index (Phi) is 7.79. The lowest BCUT2D eigenvalue weighted by Gasteiger charge is -2.20. The van der Waals surface area contributed by atoms with Gasteiger partial charge in [-0.3, -0.25) is 14.7 Å². The summed E-state index contributed by atoms with van der Waals surface area (Å²) in [6.07, 6.45) is 5.29. The molecule has 1 amide bonds. The van der Waals surface area contributed by atoms with Crippen molar-refractivity contribution in [3.63, 3.8) is 0 Å². The normalized spacial score (nSPS) is 24.2. The molecule has 0 bridgehead atoms. The summed E-state index contributed by atoms with van der Waals surface area (Å²) in [4.78, 5) is 21.5. The molecule has 2 aliphatic heterocycles. The summed E-state index contributed by atoms with van der Waals surface area (Å²) in [5, 5.41) is 6.95. The molecule has 160 valence electrons. The van der Waals surface area contributed by atoms with Crippen LogP contribution in [0.4, 0.5) is 0 Å². The van der Waals surface area contributed by atoms with Crippen molar-refractivity contribution in [2.45, 2.75) is 70.2 Å². The summed E-state index contributed by atoms with van der Waals surface area (Å²) in [6.45, 7) is 5.71. The van der Waals surface area contributed by atoms with Crippen molar-refractivity contribution >= 4 is 35.8 Å². The minimum atomic E-state index is 0. The zero-order valence-electron chi connectivity index (χ0n) is 17.6. The smallest absolute Gasteiger partial charge is 0.223 e. The first-order valence-corrected chi connectivity index (χ1v) is 10.7. The molecule has 0 spiro atoms. The maximum Gasteiger partial charge on any atom is 0.223 e. The Morgan fingerprint density at radius 2 is 1.90 bits per heavy atom. The van der Waals surface area contributed by atoms with E-state index in [1.807, 2.05) is 24.1 Å². The number of nitrogens with one attached hydrogen (secondary N) is 2. The average molecular weight is 511 g/mol. The molecule has 7 heteroatoms. The summed E-state index contributed by atoms with van der Waals surface area (Å²) < 4.78 is 0. The fourth-order valence-electron chi connectivity index (χ4n) is 4.58. The van der Waals surface area contributed by atoms with Crippen molar-refractivity contribution in [3.8, 4) is 0 Å². The van der Waals surface area contributed by atoms with Gasteiger partial charge in [0, 0.05) is 57.8 Å². The summed E-state index contributed by atoms with van der Waals surface area (Å²) in [6, 6.07) is 10.3. The first kappa shape index (κ1) is 22.3. The number of halogens is 1. The molecule has 4 rings (SSSR count). The molecule has 1 aromatic carbocycles. The van der Waals surface area contributed by atoms with E-state index in [4.69, 9.17) is 0 Å². The number of guanidine groups is 1. The van der Waals surface area contributed by atoms with Crippen molar-refractivity contribution in [2.75, 3.05) is 20.1 Å². The van der Waals surface area contributed by atoms with Crippen LogP contribution in [0.2, 0.25) is 0 Å². The lowest BCUT2D eigenvalue weighted by atomic mass is 10.1. The second-order valence-corrected chi connectivity index (χ2v) is 8.48. The largest absolute Gasteiger partial charge is 0.356 e. The van der Waals surface area contributed by atoms with E-state index in [2.05, 4.69) is 39.6 Å². The van der Waals surface area contributed by atoms with Gasteiger partial charge >= 0.3 is 0 Å². The number of rotatable bonds is 6. The first-order valence-electron chi connectivity index (χ1n) is 10.7. The van der Waals surface area contributed by atoms with Crippen LogP contribution in [0.3, 0.4) is 0 Å². The number of carbonyl (C=O) groups excluding carboxylic acids is 1. The highest BCUT2D eigenvalue weighted by molar-refractivity contribution is 14.0. The highest BCUT2D eigenvalue weighted by Crippen LogP contribution is 2.33. The van der Waals surface area contributed by atoms with Crippen LogP contribution in [0, 0.1) is 0 Å². The third kappa shape index (κ3) is 5.63. The highest BCUT2D eigenvalue weighted by atomic mass is 127. The molecule has 0 aromatic heterocycles. The van der Waals surface area contributed by atoms with Crippen LogP contribution < -0.4 is 10.6 Å². The predicted molar refractivity (Wildman–Crippen MR) is 127 cm³/mol. The van der Waals surface area contributed by atoms with Crippen molar-refractivity contribution in [3.05, 3.63) is 35.4 Å². The van der Waals surface area contributed by atoms with E-state index in [0.717, 1.165) is 44.6 Å². The van der Waals surface area contributed by atoms with Gasteiger partial charge in [-0.05, 0) is 43.7 Å². The Morgan fingerprint density at radius 3 is 2.52 bits per heavy atom. The van der Waals surface area contributed by atoms with Gasteiger partial charge in [0.05, 0.1) is 0 Å². The molecule has 1 aliphatic carbocycles. The van der Waals surface area contributed by atoms with E-state index in [-0.39, 0.29) is 29.9 Å². The van der Waals surface area contributed by atoms with Crippen LogP contribution in [0.25, 0.3) is 0 Å². The third-order valence-corrected chi connectivity index (χ3v) is 6.26. The molecule has 1 saturated heterocycles. The molecule has 2 heterocycles. The number of hydrogen-bond acceptors (Lipinski definition) is 3. The SMILES string of the molecule is CN=C(NCCCC(=O)N1Cc2ccccc2C1)NC1CC(C)N(C2CC2)C1.I. The molecular weight excluding hydrogens is 477 g/mol. The molecule has 29 heavy (non-hydrogen) atoms. The quantitative estimate of drug-likeness (QED) is 0.267. The monoisotopic (exact) mass is 511 g/mol. The lowest BCUT2D eigenvalue weighted by molar-refractivity contribution is -0.131. The number of benzene rings is 1. The first-order chi connectivity index (χ1) is 13.6. The van der Waals surface area contributed by atoms with E-state index in [0.29, 0.717) is 18.5 Å². The van der Waals surface area contributed by atoms with Gasteiger partial charge in [0.25, 0.3) is 0 Å². The van der Waals surface area contributed by atoms with Crippen molar-refractivity contribution in [2.24, 2.45) is 4.99 Å². The summed E-state index contributed by atoms with van der Waals surface area (Å²) >= 11 is 0. The minimum absolute atomic E-state index is 0. The standard InChI is InChI=1S/C22H33N5O.HI/c1-16-12-19(15-27(16)20-9-10-20)25-22(23-2)24-11-5-8-21(28)26-13-17-6-3-4-7-18(17)14-26;/h3-4,6-7,16,19-20H,5,8-15H2,1-2H3,(H2,23,24,25);1H. The van der Waals surface area contributed by atoms with Gasteiger partial charge < -0.3 is 15.5 Å². The molecule has 2 fully saturated rings. The fraction of sp³-hybridized carbons (Fsp3) is 0.636. The number of aliphatic imine (C=N–C) groups is 1. The number of carbonyl (C=O) groups is 1. The van der Waals surface area contributed by atoms with Gasteiger partial charge in [0.1, 0.15) is 0 Å². The third-order valence-electron chi connectivity index (χ3n) is 6.26. The van der Waals surface area contributed by atoms with Crippen LogP contribution in [0.15, 0.2) is 29.3 Å². The number of likely N-dealkylation sites (tertiary alicyclic amines) is 1. The molecule has 0 radical (unpaired) electrons. The van der Waals surface area contributed by atoms with E-state index >= 15 is 0 Å². The fourth-order valence-corrected chi connectivity index (χ4v) is 4.58. The lowest BCUT2D eigenvalue weighted by Crippen LogP contribution is -2.45. The zero-order valence-corrected chi connectivity index (χ0v) is 19.9. The van der Waals surface area contributed by atoms with Gasteiger partial charge in [-0.2, -0.15) is 0 Å².